The van der Waals surface area contributed by atoms with Crippen LogP contribution in [0.3, 0.4) is 0 Å². The van der Waals surface area contributed by atoms with Crippen LogP contribution in [0, 0.1) is 0 Å². The lowest BCUT2D eigenvalue weighted by molar-refractivity contribution is 0.102. The Morgan fingerprint density at radius 1 is 1.39 bits per heavy atom. The molecule has 0 bridgehead atoms. The highest BCUT2D eigenvalue weighted by Crippen LogP contribution is 2.06. The molecule has 96 valence electrons. The third kappa shape index (κ3) is 2.43. The molecule has 18 heavy (non-hydrogen) atoms. The van der Waals surface area contributed by atoms with Gasteiger partial charge in [0.25, 0.3) is 0 Å². The van der Waals surface area contributed by atoms with Gasteiger partial charge in [-0.15, -0.1) is 10.2 Å². The van der Waals surface area contributed by atoms with Crippen LogP contribution < -0.4 is 5.73 Å². The number of rotatable bonds is 6. The van der Waals surface area contributed by atoms with E-state index in [9.17, 15) is 4.79 Å². The third-order valence-electron chi connectivity index (χ3n) is 2.42. The monoisotopic (exact) mass is 249 g/mol. The van der Waals surface area contributed by atoms with Gasteiger partial charge in [0.2, 0.25) is 5.78 Å². The summed E-state index contributed by atoms with van der Waals surface area (Å²) >= 11 is 0. The zero-order chi connectivity index (χ0) is 13.0. The van der Waals surface area contributed by atoms with Crippen LogP contribution in [0.4, 0.5) is 0 Å². The number of aryl methyl sites for hydroxylation is 1. The first kappa shape index (κ1) is 12.4. The highest BCUT2D eigenvalue weighted by Gasteiger charge is 2.18. The highest BCUT2D eigenvalue weighted by atomic mass is 16.1. The predicted octanol–water partition coefficient (Wildman–Crippen LogP) is -0.531. The van der Waals surface area contributed by atoms with Crippen LogP contribution in [-0.2, 0) is 13.1 Å². The van der Waals surface area contributed by atoms with E-state index in [1.54, 1.807) is 15.6 Å². The van der Waals surface area contributed by atoms with E-state index >= 15 is 0 Å². The molecule has 0 aliphatic heterocycles. The Morgan fingerprint density at radius 3 is 2.94 bits per heavy atom. The number of nitrogens with zero attached hydrogens (tertiary/aromatic N) is 6. The van der Waals surface area contributed by atoms with Crippen molar-refractivity contribution in [2.45, 2.75) is 26.4 Å². The standard InChI is InChI=1S/C10H15N7O/c1-2-4-17-9(6-12-14-17)10(18)8-7-16(5-3-11)15-13-8/h6-7H,2-5,11H2,1H3. The lowest BCUT2D eigenvalue weighted by Crippen LogP contribution is -2.12. The van der Waals surface area contributed by atoms with Crippen LogP contribution in [0.2, 0.25) is 0 Å². The molecule has 0 aromatic carbocycles. The van der Waals surface area contributed by atoms with Crippen molar-refractivity contribution in [3.63, 3.8) is 0 Å². The van der Waals surface area contributed by atoms with Crippen molar-refractivity contribution in [3.8, 4) is 0 Å². The Hall–Kier alpha value is -2.09. The van der Waals surface area contributed by atoms with Gasteiger partial charge < -0.3 is 5.73 Å². The van der Waals surface area contributed by atoms with E-state index in [1.807, 2.05) is 6.92 Å². The minimum absolute atomic E-state index is 0.225. The van der Waals surface area contributed by atoms with Crippen LogP contribution in [0.25, 0.3) is 0 Å². The molecule has 0 aliphatic rings. The molecule has 2 aromatic heterocycles. The van der Waals surface area contributed by atoms with Gasteiger partial charge >= 0.3 is 0 Å². The molecular weight excluding hydrogens is 234 g/mol. The summed E-state index contributed by atoms with van der Waals surface area (Å²) in [7, 11) is 0. The molecule has 0 unspecified atom stereocenters. The summed E-state index contributed by atoms with van der Waals surface area (Å²) in [6.45, 7) is 3.64. The first-order valence-electron chi connectivity index (χ1n) is 5.79. The maximum Gasteiger partial charge on any atom is 0.234 e. The minimum Gasteiger partial charge on any atom is -0.329 e. The lowest BCUT2D eigenvalue weighted by atomic mass is 10.2. The Bertz CT molecular complexity index is 530. The molecule has 2 aromatic rings. The Balaban J connectivity index is 2.21. The van der Waals surface area contributed by atoms with Crippen LogP contribution in [-0.4, -0.2) is 42.3 Å². The summed E-state index contributed by atoms with van der Waals surface area (Å²) in [5, 5.41) is 15.3. The second-order valence-electron chi connectivity index (χ2n) is 3.83. The van der Waals surface area contributed by atoms with E-state index in [2.05, 4.69) is 20.6 Å². The number of carbonyl (C=O) groups is 1. The molecule has 2 heterocycles. The van der Waals surface area contributed by atoms with Gasteiger partial charge in [-0.3, -0.25) is 9.48 Å². The average Bonchev–Trinajstić information content (AvgIpc) is 2.98. The fourth-order valence-electron chi connectivity index (χ4n) is 1.59. The van der Waals surface area contributed by atoms with Crippen LogP contribution in [0.5, 0.6) is 0 Å². The van der Waals surface area contributed by atoms with Gasteiger partial charge in [0.15, 0.2) is 5.69 Å². The van der Waals surface area contributed by atoms with Gasteiger partial charge in [0, 0.05) is 13.1 Å². The van der Waals surface area contributed by atoms with Crippen molar-refractivity contribution in [1.29, 1.82) is 0 Å². The normalized spacial score (nSPS) is 10.8. The molecule has 8 heteroatoms. The zero-order valence-corrected chi connectivity index (χ0v) is 10.2. The fraction of sp³-hybridized carbons (Fsp3) is 0.500. The lowest BCUT2D eigenvalue weighted by Gasteiger charge is -2.00. The summed E-state index contributed by atoms with van der Waals surface area (Å²) < 4.78 is 3.12. The van der Waals surface area contributed by atoms with Gasteiger partial charge in [-0.1, -0.05) is 17.4 Å². The van der Waals surface area contributed by atoms with Gasteiger partial charge in [-0.05, 0) is 6.42 Å². The van der Waals surface area contributed by atoms with E-state index in [1.165, 1.54) is 6.20 Å². The molecule has 0 fully saturated rings. The summed E-state index contributed by atoms with van der Waals surface area (Å²) in [5.41, 5.74) is 6.11. The maximum absolute atomic E-state index is 12.2. The maximum atomic E-state index is 12.2. The molecule has 0 aliphatic carbocycles. The quantitative estimate of drug-likeness (QED) is 0.690. The van der Waals surface area contributed by atoms with E-state index in [0.717, 1.165) is 6.42 Å². The SMILES string of the molecule is CCCn1nncc1C(=O)c1cn(CCN)nn1. The zero-order valence-electron chi connectivity index (χ0n) is 10.2. The summed E-state index contributed by atoms with van der Waals surface area (Å²) in [6, 6.07) is 0. The Kier molecular flexibility index (Phi) is 3.78. The van der Waals surface area contributed by atoms with Gasteiger partial charge in [-0.2, -0.15) is 0 Å². The number of nitrogens with two attached hydrogens (primary N) is 1. The molecule has 0 radical (unpaired) electrons. The summed E-state index contributed by atoms with van der Waals surface area (Å²) in [6.07, 6.45) is 3.90. The average molecular weight is 249 g/mol. The van der Waals surface area contributed by atoms with Crippen LogP contribution in [0.1, 0.15) is 29.5 Å². The van der Waals surface area contributed by atoms with Crippen LogP contribution in [0.15, 0.2) is 12.4 Å². The molecule has 8 nitrogen and oxygen atoms in total. The number of ketones is 1. The van der Waals surface area contributed by atoms with E-state index in [4.69, 9.17) is 5.73 Å². The second kappa shape index (κ2) is 5.50. The first-order valence-corrected chi connectivity index (χ1v) is 5.79. The molecule has 2 rings (SSSR count). The molecule has 0 saturated heterocycles. The number of carbonyl (C=O) groups excluding carboxylic acids is 1. The van der Waals surface area contributed by atoms with Gasteiger partial charge in [0.05, 0.1) is 18.9 Å². The molecule has 0 amide bonds. The van der Waals surface area contributed by atoms with Crippen molar-refractivity contribution < 1.29 is 4.79 Å². The van der Waals surface area contributed by atoms with Gasteiger partial charge in [-0.25, -0.2) is 4.68 Å². The number of hydrogen-bond donors (Lipinski definition) is 1. The molecule has 2 N–H and O–H groups in total. The first-order chi connectivity index (χ1) is 8.76. The third-order valence-corrected chi connectivity index (χ3v) is 2.42. The van der Waals surface area contributed by atoms with Crippen molar-refractivity contribution >= 4 is 5.78 Å². The largest absolute Gasteiger partial charge is 0.329 e. The predicted molar refractivity (Wildman–Crippen MR) is 62.8 cm³/mol. The van der Waals surface area contributed by atoms with E-state index < -0.39 is 0 Å². The Morgan fingerprint density at radius 2 is 2.22 bits per heavy atom. The summed E-state index contributed by atoms with van der Waals surface area (Å²) in [4.78, 5) is 12.2. The summed E-state index contributed by atoms with van der Waals surface area (Å²) in [5.74, 6) is -0.225. The smallest absolute Gasteiger partial charge is 0.234 e. The molecule has 0 spiro atoms. The Labute approximate surface area is 104 Å². The van der Waals surface area contributed by atoms with Gasteiger partial charge in [0.1, 0.15) is 5.69 Å². The van der Waals surface area contributed by atoms with Crippen molar-refractivity contribution in [2.75, 3.05) is 6.54 Å². The second-order valence-corrected chi connectivity index (χ2v) is 3.83. The number of hydrogen-bond acceptors (Lipinski definition) is 6. The minimum atomic E-state index is -0.225. The van der Waals surface area contributed by atoms with Crippen molar-refractivity contribution in [2.24, 2.45) is 5.73 Å². The fourth-order valence-corrected chi connectivity index (χ4v) is 1.59. The number of aromatic nitrogens is 6. The molecule has 0 atom stereocenters. The highest BCUT2D eigenvalue weighted by molar-refractivity contribution is 6.06. The molecular formula is C10H15N7O. The topological polar surface area (TPSA) is 105 Å². The van der Waals surface area contributed by atoms with E-state index in [-0.39, 0.29) is 11.5 Å². The van der Waals surface area contributed by atoms with E-state index in [0.29, 0.717) is 25.3 Å². The van der Waals surface area contributed by atoms with Crippen molar-refractivity contribution in [1.82, 2.24) is 30.0 Å². The van der Waals surface area contributed by atoms with Crippen LogP contribution >= 0.6 is 0 Å². The molecule has 0 saturated carbocycles. The van der Waals surface area contributed by atoms with Crippen molar-refractivity contribution in [3.05, 3.63) is 23.8 Å².